The Balaban J connectivity index is 1.73. The highest BCUT2D eigenvalue weighted by Gasteiger charge is 2.33. The largest absolute Gasteiger partial charge is 0.491 e. The number of ether oxygens (including phenoxy) is 2. The summed E-state index contributed by atoms with van der Waals surface area (Å²) in [7, 11) is 0. The topological polar surface area (TPSA) is 116 Å². The van der Waals surface area contributed by atoms with Gasteiger partial charge in [0.15, 0.2) is 0 Å². The fraction of sp³-hybridized carbons (Fsp3) is 0.607. The minimum Gasteiger partial charge on any atom is -0.491 e. The average molecular weight is 545 g/mol. The molecule has 4 N–H and O–H groups in total. The number of hydrogen-bond acceptors (Lipinski definition) is 7. The predicted octanol–water partition coefficient (Wildman–Crippen LogP) is 4.04. The highest BCUT2D eigenvalue weighted by atomic mass is 19.4. The summed E-state index contributed by atoms with van der Waals surface area (Å²) < 4.78 is 48.9. The van der Waals surface area contributed by atoms with Gasteiger partial charge in [-0.2, -0.15) is 13.2 Å². The van der Waals surface area contributed by atoms with Crippen molar-refractivity contribution >= 4 is 5.97 Å². The van der Waals surface area contributed by atoms with E-state index in [0.29, 0.717) is 25.7 Å². The normalized spacial score (nSPS) is 21.3. The fourth-order valence-corrected chi connectivity index (χ4v) is 4.12. The van der Waals surface area contributed by atoms with Crippen LogP contribution in [-0.2, 0) is 15.7 Å². The molecule has 0 amide bonds. The molecule has 0 radical (unpaired) electrons. The Morgan fingerprint density at radius 1 is 1.18 bits per heavy atom. The van der Waals surface area contributed by atoms with Crippen molar-refractivity contribution < 1.29 is 47.9 Å². The fourth-order valence-electron chi connectivity index (χ4n) is 4.12. The first-order chi connectivity index (χ1) is 18.0. The number of rotatable bonds is 15. The number of esters is 1. The Morgan fingerprint density at radius 2 is 1.92 bits per heavy atom. The van der Waals surface area contributed by atoms with E-state index in [2.05, 4.69) is 0 Å². The molecule has 0 spiro atoms. The molecule has 1 unspecified atom stereocenters. The van der Waals surface area contributed by atoms with Crippen LogP contribution in [0.5, 0.6) is 5.75 Å². The molecule has 1 aromatic carbocycles. The third kappa shape index (κ3) is 10.8. The van der Waals surface area contributed by atoms with E-state index >= 15 is 0 Å². The van der Waals surface area contributed by atoms with Crippen molar-refractivity contribution in [3.8, 4) is 5.75 Å². The van der Waals surface area contributed by atoms with Crippen LogP contribution >= 0.6 is 0 Å². The smallest absolute Gasteiger partial charge is 0.416 e. The molecule has 0 aromatic heterocycles. The first kappa shape index (κ1) is 31.8. The van der Waals surface area contributed by atoms with Gasteiger partial charge in [-0.1, -0.05) is 37.3 Å². The minimum atomic E-state index is -4.47. The van der Waals surface area contributed by atoms with E-state index in [1.54, 1.807) is 13.0 Å². The van der Waals surface area contributed by atoms with E-state index in [9.17, 15) is 38.4 Å². The van der Waals surface area contributed by atoms with Gasteiger partial charge in [0.2, 0.25) is 0 Å². The maximum absolute atomic E-state index is 12.8. The number of hydrogen-bond donors (Lipinski definition) is 4. The van der Waals surface area contributed by atoms with Crippen molar-refractivity contribution in [3.05, 3.63) is 54.1 Å². The third-order valence-electron chi connectivity index (χ3n) is 6.67. The number of alkyl halides is 3. The third-order valence-corrected chi connectivity index (χ3v) is 6.67. The molecule has 1 aromatic rings. The first-order valence-electron chi connectivity index (χ1n) is 12.8. The highest BCUT2D eigenvalue weighted by Crippen LogP contribution is 2.36. The van der Waals surface area contributed by atoms with Gasteiger partial charge >= 0.3 is 12.1 Å². The Labute approximate surface area is 221 Å². The van der Waals surface area contributed by atoms with Crippen molar-refractivity contribution in [2.75, 3.05) is 26.4 Å². The number of halogens is 3. The molecule has 1 aliphatic rings. The summed E-state index contributed by atoms with van der Waals surface area (Å²) in [6.45, 7) is 0.817. The van der Waals surface area contributed by atoms with E-state index in [-0.39, 0.29) is 50.4 Å². The second kappa shape index (κ2) is 15.3. The maximum Gasteiger partial charge on any atom is 0.416 e. The van der Waals surface area contributed by atoms with Crippen LogP contribution in [0.2, 0.25) is 0 Å². The summed E-state index contributed by atoms with van der Waals surface area (Å²) in [5, 5.41) is 39.0. The van der Waals surface area contributed by atoms with Crippen LogP contribution in [0.15, 0.2) is 48.6 Å². The molecule has 0 saturated heterocycles. The molecule has 0 aliphatic heterocycles. The number of aliphatic hydroxyl groups excluding tert-OH is 4. The van der Waals surface area contributed by atoms with Crippen LogP contribution in [0.4, 0.5) is 13.2 Å². The van der Waals surface area contributed by atoms with Crippen LogP contribution in [0.3, 0.4) is 0 Å². The zero-order valence-corrected chi connectivity index (χ0v) is 21.6. The number of unbranched alkanes of at least 4 members (excludes halogenated alkanes) is 1. The molecule has 1 fully saturated rings. The van der Waals surface area contributed by atoms with Gasteiger partial charge < -0.3 is 29.9 Å². The van der Waals surface area contributed by atoms with Crippen molar-refractivity contribution in [2.24, 2.45) is 17.3 Å². The number of benzene rings is 1. The molecule has 0 heterocycles. The lowest BCUT2D eigenvalue weighted by Gasteiger charge is -2.23. The second-order valence-electron chi connectivity index (χ2n) is 10.1. The molecular weight excluding hydrogens is 505 g/mol. The van der Waals surface area contributed by atoms with Crippen LogP contribution in [0, 0.1) is 17.3 Å². The molecule has 4 atom stereocenters. The lowest BCUT2D eigenvalue weighted by Crippen LogP contribution is -2.32. The molecule has 38 heavy (non-hydrogen) atoms. The van der Waals surface area contributed by atoms with Gasteiger partial charge in [0, 0.05) is 11.8 Å². The Kier molecular flexibility index (Phi) is 12.8. The molecule has 1 aliphatic carbocycles. The molecule has 1 saturated carbocycles. The lowest BCUT2D eigenvalue weighted by molar-refractivity contribution is -0.149. The van der Waals surface area contributed by atoms with E-state index in [4.69, 9.17) is 9.47 Å². The van der Waals surface area contributed by atoms with Crippen molar-refractivity contribution in [1.82, 2.24) is 0 Å². The summed E-state index contributed by atoms with van der Waals surface area (Å²) in [6, 6.07) is 4.48. The number of allylic oxidation sites excluding steroid dienone is 3. The second-order valence-corrected chi connectivity index (χ2v) is 10.1. The molecule has 2 rings (SSSR count). The monoisotopic (exact) mass is 544 g/mol. The van der Waals surface area contributed by atoms with Crippen molar-refractivity contribution in [3.63, 3.8) is 0 Å². The van der Waals surface area contributed by atoms with Gasteiger partial charge in [-0.3, -0.25) is 4.79 Å². The lowest BCUT2D eigenvalue weighted by atomic mass is 9.90. The maximum atomic E-state index is 12.8. The predicted molar refractivity (Wildman–Crippen MR) is 135 cm³/mol. The Morgan fingerprint density at radius 3 is 2.61 bits per heavy atom. The first-order valence-corrected chi connectivity index (χ1v) is 12.8. The standard InChI is InChI=1S/C28H39F3O7/c1-27(17-32,18-33)19-38-26(36)10-5-3-2-4-9-24-20(12-14-25(24)35)11-13-22(34)16-37-23-8-6-7-21(15-23)28(29,30)31/h2,4,6-8,11,13,15,20,22,24-25,32-35H,3,5,9-10,12,14,16-19H2,1H3/b4-2-,13-11+/t20?,22-,24-,25+/m1/s1. The van der Waals surface area contributed by atoms with Gasteiger partial charge in [-0.15, -0.1) is 0 Å². The minimum absolute atomic E-state index is 0.0219. The van der Waals surface area contributed by atoms with Crippen LogP contribution in [0.1, 0.15) is 51.0 Å². The van der Waals surface area contributed by atoms with Gasteiger partial charge in [0.25, 0.3) is 0 Å². The Hall–Kier alpha value is -2.40. The summed E-state index contributed by atoms with van der Waals surface area (Å²) >= 11 is 0. The summed E-state index contributed by atoms with van der Waals surface area (Å²) in [4.78, 5) is 11.8. The SMILES string of the molecule is CC(CO)(CO)COC(=O)CCC/C=C\C[C@@H]1C(/C=C/[C@@H](O)COc2cccc(C(F)(F)F)c2)CC[C@@H]1O. The van der Waals surface area contributed by atoms with Crippen molar-refractivity contribution in [2.45, 2.75) is 63.8 Å². The van der Waals surface area contributed by atoms with E-state index in [0.717, 1.165) is 18.6 Å². The molecule has 0 bridgehead atoms. The van der Waals surface area contributed by atoms with E-state index < -0.39 is 35.3 Å². The summed E-state index contributed by atoms with van der Waals surface area (Å²) in [5.41, 5.74) is -1.67. The number of aliphatic hydroxyl groups is 4. The number of carbonyl (C=O) groups is 1. The number of carbonyl (C=O) groups excluding carboxylic acids is 1. The van der Waals surface area contributed by atoms with E-state index in [1.165, 1.54) is 12.1 Å². The zero-order valence-electron chi connectivity index (χ0n) is 21.6. The van der Waals surface area contributed by atoms with Crippen molar-refractivity contribution in [1.29, 1.82) is 0 Å². The van der Waals surface area contributed by atoms with Crippen LogP contribution in [-0.4, -0.2) is 65.0 Å². The quantitative estimate of drug-likeness (QED) is 0.150. The van der Waals surface area contributed by atoms with Crippen LogP contribution in [0.25, 0.3) is 0 Å². The van der Waals surface area contributed by atoms with E-state index in [1.807, 2.05) is 18.2 Å². The van der Waals surface area contributed by atoms with Gasteiger partial charge in [-0.25, -0.2) is 0 Å². The molecule has 7 nitrogen and oxygen atoms in total. The Bertz CT molecular complexity index is 912. The highest BCUT2D eigenvalue weighted by molar-refractivity contribution is 5.69. The van der Waals surface area contributed by atoms with Gasteiger partial charge in [0.1, 0.15) is 25.1 Å². The molecular formula is C28H39F3O7. The van der Waals surface area contributed by atoms with Gasteiger partial charge in [0.05, 0.1) is 24.9 Å². The van der Waals surface area contributed by atoms with Crippen LogP contribution < -0.4 is 4.74 Å². The molecule has 214 valence electrons. The zero-order chi connectivity index (χ0) is 28.2. The summed E-state index contributed by atoms with van der Waals surface area (Å²) in [6.07, 6.45) is 4.81. The average Bonchev–Trinajstić information content (AvgIpc) is 3.25. The summed E-state index contributed by atoms with van der Waals surface area (Å²) in [5.74, 6) is -0.356. The van der Waals surface area contributed by atoms with Gasteiger partial charge in [-0.05, 0) is 62.1 Å². The molecule has 10 heteroatoms.